The lowest BCUT2D eigenvalue weighted by molar-refractivity contribution is -0.275. The topological polar surface area (TPSA) is 142 Å². The molecule has 3 aromatic carbocycles. The molecule has 0 aliphatic heterocycles. The summed E-state index contributed by atoms with van der Waals surface area (Å²) in [7, 11) is -4.20. The Morgan fingerprint density at radius 3 is 2.26 bits per heavy atom. The summed E-state index contributed by atoms with van der Waals surface area (Å²) in [5.74, 6) is -3.36. The van der Waals surface area contributed by atoms with Crippen LogP contribution in [0.25, 0.3) is 5.57 Å². The Labute approximate surface area is 267 Å². The number of nitrogens with zero attached hydrogens (tertiary/aromatic N) is 1. The number of anilines is 2. The minimum absolute atomic E-state index is 0.0600. The smallest absolute Gasteiger partial charge is 0.479 e. The van der Waals surface area contributed by atoms with Crippen molar-refractivity contribution in [3.8, 4) is 5.75 Å². The van der Waals surface area contributed by atoms with E-state index < -0.39 is 57.5 Å². The quantitative estimate of drug-likeness (QED) is 0.201. The van der Waals surface area contributed by atoms with Crippen molar-refractivity contribution in [2.75, 3.05) is 23.0 Å². The first kappa shape index (κ1) is 34.9. The van der Waals surface area contributed by atoms with E-state index in [9.17, 15) is 40.4 Å². The van der Waals surface area contributed by atoms with Crippen LogP contribution in [0.4, 0.5) is 33.7 Å². The number of allylic oxidation sites excluding steroid dienone is 2. The van der Waals surface area contributed by atoms with Gasteiger partial charge in [0.05, 0.1) is 13.1 Å². The largest absolute Gasteiger partial charge is 0.573 e. The Hall–Kier alpha value is -4.92. The Balaban J connectivity index is 1.60. The molecule has 0 bridgehead atoms. The first-order valence-electron chi connectivity index (χ1n) is 14.3. The van der Waals surface area contributed by atoms with Crippen LogP contribution in [0.3, 0.4) is 0 Å². The van der Waals surface area contributed by atoms with Gasteiger partial charge < -0.3 is 20.5 Å². The second-order valence-corrected chi connectivity index (χ2v) is 12.7. The van der Waals surface area contributed by atoms with E-state index >= 15 is 0 Å². The van der Waals surface area contributed by atoms with Crippen molar-refractivity contribution in [3.05, 3.63) is 89.5 Å². The number of halogens is 4. The second-order valence-electron chi connectivity index (χ2n) is 10.7. The molecule has 0 radical (unpaired) electrons. The zero-order chi connectivity index (χ0) is 34.4. The van der Waals surface area contributed by atoms with Crippen LogP contribution in [0.1, 0.15) is 47.2 Å². The Morgan fingerprint density at radius 1 is 1.00 bits per heavy atom. The molecule has 0 saturated heterocycles. The molecule has 1 atom stereocenters. The molecule has 0 aromatic heterocycles. The Kier molecular flexibility index (Phi) is 10.9. The summed E-state index contributed by atoms with van der Waals surface area (Å²) in [6, 6.07) is 15.0. The van der Waals surface area contributed by atoms with Crippen molar-refractivity contribution < 1.29 is 50.2 Å². The fraction of sp³-hybridized carbons (Fsp3) is 0.281. The highest BCUT2D eigenvalue weighted by atomic mass is 32.2. The molecule has 0 spiro atoms. The number of sulfone groups is 1. The summed E-state index contributed by atoms with van der Waals surface area (Å²) in [4.78, 5) is 37.2. The number of carboxylic acids is 1. The summed E-state index contributed by atoms with van der Waals surface area (Å²) in [6.07, 6.45) is -0.483. The van der Waals surface area contributed by atoms with Crippen molar-refractivity contribution in [1.82, 2.24) is 5.32 Å². The number of benzene rings is 3. The van der Waals surface area contributed by atoms with Crippen LogP contribution in [0.5, 0.6) is 5.75 Å². The number of amides is 3. The number of carboxylic acid groups (broad SMARTS) is 1. The molecule has 3 amide bonds. The van der Waals surface area contributed by atoms with Crippen molar-refractivity contribution >= 4 is 44.7 Å². The fourth-order valence-corrected chi connectivity index (χ4v) is 5.64. The average molecular weight is 678 g/mol. The molecule has 0 saturated carbocycles. The minimum Gasteiger partial charge on any atom is -0.479 e. The molecule has 0 heterocycles. The van der Waals surface area contributed by atoms with Crippen LogP contribution < -0.4 is 20.3 Å². The van der Waals surface area contributed by atoms with Gasteiger partial charge in [0.15, 0.2) is 9.84 Å². The van der Waals surface area contributed by atoms with Crippen molar-refractivity contribution in [1.29, 1.82) is 0 Å². The highest BCUT2D eigenvalue weighted by molar-refractivity contribution is 7.90. The van der Waals surface area contributed by atoms with Crippen LogP contribution in [-0.2, 0) is 21.2 Å². The number of nitrogens with one attached hydrogen (secondary N) is 2. The van der Waals surface area contributed by atoms with E-state index in [2.05, 4.69) is 21.4 Å². The minimum atomic E-state index is -5.15. The molecule has 15 heteroatoms. The summed E-state index contributed by atoms with van der Waals surface area (Å²) in [6.45, 7) is -0.781. The average Bonchev–Trinajstić information content (AvgIpc) is 3.02. The van der Waals surface area contributed by atoms with Gasteiger partial charge in [-0.2, -0.15) is 0 Å². The molecule has 1 aliphatic carbocycles. The van der Waals surface area contributed by atoms with Gasteiger partial charge in [-0.05, 0) is 84.8 Å². The van der Waals surface area contributed by atoms with Crippen molar-refractivity contribution in [3.63, 3.8) is 0 Å². The standard InChI is InChI=1S/C32H31F4N3O7S/c1-47(44,45)28-17-24(13-16-27(28)46-32(34,35)36)38-31(43)39(25-14-11-22(12-15-25)21-5-3-2-4-6-21)19-20-7-9-23(10-8-20)29(40)37-18-26(33)30(41)42/h5,7-17,26H,2-4,6,18-19H2,1H3,(H,37,40)(H,38,43)(H,41,42). The van der Waals surface area contributed by atoms with Gasteiger partial charge in [-0.15, -0.1) is 13.2 Å². The van der Waals surface area contributed by atoms with Gasteiger partial charge in [0.25, 0.3) is 5.91 Å². The lowest BCUT2D eigenvalue weighted by atomic mass is 9.93. The molecule has 10 nitrogen and oxygen atoms in total. The maximum Gasteiger partial charge on any atom is 0.573 e. The van der Waals surface area contributed by atoms with Crippen LogP contribution in [0.2, 0.25) is 0 Å². The predicted molar refractivity (Wildman–Crippen MR) is 166 cm³/mol. The lowest BCUT2D eigenvalue weighted by Crippen LogP contribution is -2.35. The summed E-state index contributed by atoms with van der Waals surface area (Å²) < 4.78 is 80.4. The van der Waals surface area contributed by atoms with Gasteiger partial charge in [-0.3, -0.25) is 9.69 Å². The number of alkyl halides is 4. The highest BCUT2D eigenvalue weighted by Gasteiger charge is 2.33. The fourth-order valence-electron chi connectivity index (χ4n) is 4.83. The van der Waals surface area contributed by atoms with Gasteiger partial charge in [0.1, 0.15) is 10.6 Å². The maximum atomic E-state index is 13.7. The van der Waals surface area contributed by atoms with E-state index in [-0.39, 0.29) is 17.8 Å². The molecule has 1 unspecified atom stereocenters. The third-order valence-electron chi connectivity index (χ3n) is 7.17. The molecule has 47 heavy (non-hydrogen) atoms. The normalized spacial score (nSPS) is 14.0. The lowest BCUT2D eigenvalue weighted by Gasteiger charge is -2.24. The Morgan fingerprint density at radius 2 is 1.68 bits per heavy atom. The van der Waals surface area contributed by atoms with E-state index in [0.717, 1.165) is 49.4 Å². The monoisotopic (exact) mass is 677 g/mol. The van der Waals surface area contributed by atoms with Crippen LogP contribution >= 0.6 is 0 Å². The second kappa shape index (κ2) is 14.7. The zero-order valence-corrected chi connectivity index (χ0v) is 25.8. The molecule has 3 aromatic rings. The van der Waals surface area contributed by atoms with E-state index in [1.165, 1.54) is 34.7 Å². The Bertz CT molecular complexity index is 1760. The van der Waals surface area contributed by atoms with Gasteiger partial charge in [0.2, 0.25) is 6.17 Å². The summed E-state index contributed by atoms with van der Waals surface area (Å²) in [5, 5.41) is 13.4. The number of rotatable bonds is 11. The molecular weight excluding hydrogens is 646 g/mol. The van der Waals surface area contributed by atoms with Gasteiger partial charge in [-0.25, -0.2) is 22.4 Å². The molecule has 4 rings (SSSR count). The van der Waals surface area contributed by atoms with E-state index in [0.29, 0.717) is 17.5 Å². The van der Waals surface area contributed by atoms with E-state index in [1.807, 2.05) is 12.1 Å². The highest BCUT2D eigenvalue weighted by Crippen LogP contribution is 2.33. The molecular formula is C32H31F4N3O7S. The summed E-state index contributed by atoms with van der Waals surface area (Å²) in [5.41, 5.74) is 3.15. The predicted octanol–water partition coefficient (Wildman–Crippen LogP) is 6.34. The zero-order valence-electron chi connectivity index (χ0n) is 25.0. The van der Waals surface area contributed by atoms with Gasteiger partial charge in [0, 0.05) is 23.2 Å². The van der Waals surface area contributed by atoms with E-state index in [1.54, 1.807) is 12.1 Å². The van der Waals surface area contributed by atoms with Crippen molar-refractivity contribution in [2.45, 2.75) is 49.7 Å². The number of hydrogen-bond donors (Lipinski definition) is 3. The number of carbonyl (C=O) groups is 3. The number of ether oxygens (including phenoxy) is 1. The molecule has 1 aliphatic rings. The van der Waals surface area contributed by atoms with Crippen LogP contribution in [0, 0.1) is 0 Å². The molecule has 250 valence electrons. The number of hydrogen-bond acceptors (Lipinski definition) is 6. The number of aliphatic carboxylic acids is 1. The third-order valence-corrected chi connectivity index (χ3v) is 8.29. The van der Waals surface area contributed by atoms with Crippen molar-refractivity contribution in [2.24, 2.45) is 0 Å². The SMILES string of the molecule is CS(=O)(=O)c1cc(NC(=O)N(Cc2ccc(C(=O)NCC(F)C(=O)O)cc2)c2ccc(C3=CCCCC3)cc2)ccc1OC(F)(F)F. The first-order valence-corrected chi connectivity index (χ1v) is 16.2. The molecule has 3 N–H and O–H groups in total. The first-order chi connectivity index (χ1) is 22.1. The van der Waals surface area contributed by atoms with Gasteiger partial charge in [-0.1, -0.05) is 30.3 Å². The maximum absolute atomic E-state index is 13.7. The number of carbonyl (C=O) groups excluding carboxylic acids is 2. The van der Waals surface area contributed by atoms with Crippen LogP contribution in [0.15, 0.2) is 77.7 Å². The van der Waals surface area contributed by atoms with Crippen LogP contribution in [-0.4, -0.2) is 56.8 Å². The van der Waals surface area contributed by atoms with E-state index in [4.69, 9.17) is 5.11 Å². The molecule has 0 fully saturated rings. The number of urea groups is 1. The third kappa shape index (κ3) is 9.78. The summed E-state index contributed by atoms with van der Waals surface area (Å²) >= 11 is 0. The van der Waals surface area contributed by atoms with Gasteiger partial charge >= 0.3 is 18.4 Å².